The second-order valence-corrected chi connectivity index (χ2v) is 4.13. The molecule has 88 valence electrons. The number of rotatable bonds is 2. The van der Waals surface area contributed by atoms with Gasteiger partial charge in [0.2, 0.25) is 5.43 Å². The Kier molecular flexibility index (Phi) is 3.26. The van der Waals surface area contributed by atoms with Gasteiger partial charge in [0.1, 0.15) is 5.69 Å². The summed E-state index contributed by atoms with van der Waals surface area (Å²) in [7, 11) is 0. The van der Waals surface area contributed by atoms with Gasteiger partial charge in [0.05, 0.1) is 5.69 Å². The number of hydrogen-bond acceptors (Lipinski definition) is 3. The molecule has 0 bridgehead atoms. The van der Waals surface area contributed by atoms with Crippen LogP contribution in [0.3, 0.4) is 0 Å². The highest BCUT2D eigenvalue weighted by molar-refractivity contribution is 6.30. The van der Waals surface area contributed by atoms with Crippen molar-refractivity contribution >= 4 is 11.6 Å². The first kappa shape index (κ1) is 11.8. The Balaban J connectivity index is 2.63. The molecule has 5 heteroatoms. The molecule has 1 aromatic carbocycles. The van der Waals surface area contributed by atoms with Gasteiger partial charge in [0.15, 0.2) is 0 Å². The van der Waals surface area contributed by atoms with Gasteiger partial charge >= 0.3 is 0 Å². The SMILES string of the molecule is Cc1cc(=O)c(CN)nn1-c1cccc(Cl)c1. The van der Waals surface area contributed by atoms with E-state index in [1.54, 1.807) is 16.8 Å². The fourth-order valence-electron chi connectivity index (χ4n) is 1.59. The molecule has 2 rings (SSSR count). The molecule has 0 spiro atoms. The van der Waals surface area contributed by atoms with Crippen LogP contribution in [-0.2, 0) is 6.54 Å². The normalized spacial score (nSPS) is 10.5. The Labute approximate surface area is 104 Å². The maximum atomic E-state index is 11.5. The van der Waals surface area contributed by atoms with Gasteiger partial charge in [0.25, 0.3) is 0 Å². The van der Waals surface area contributed by atoms with E-state index in [1.165, 1.54) is 6.07 Å². The van der Waals surface area contributed by atoms with E-state index in [-0.39, 0.29) is 12.0 Å². The maximum Gasteiger partial charge on any atom is 0.204 e. The second kappa shape index (κ2) is 4.69. The summed E-state index contributed by atoms with van der Waals surface area (Å²) in [4.78, 5) is 11.5. The van der Waals surface area contributed by atoms with Crippen LogP contribution < -0.4 is 11.2 Å². The van der Waals surface area contributed by atoms with Crippen molar-refractivity contribution in [1.29, 1.82) is 0 Å². The lowest BCUT2D eigenvalue weighted by molar-refractivity contribution is 0.750. The minimum atomic E-state index is -0.136. The van der Waals surface area contributed by atoms with Crippen LogP contribution >= 0.6 is 11.6 Å². The third-order valence-electron chi connectivity index (χ3n) is 2.43. The molecule has 0 aliphatic heterocycles. The minimum Gasteiger partial charge on any atom is -0.325 e. The molecule has 0 aliphatic carbocycles. The Morgan fingerprint density at radius 3 is 2.82 bits per heavy atom. The summed E-state index contributed by atoms with van der Waals surface area (Å²) < 4.78 is 1.66. The zero-order chi connectivity index (χ0) is 12.4. The third kappa shape index (κ3) is 2.38. The predicted octanol–water partition coefficient (Wildman–Crippen LogP) is 1.65. The first-order valence-corrected chi connectivity index (χ1v) is 5.55. The van der Waals surface area contributed by atoms with Crippen LogP contribution in [-0.4, -0.2) is 9.78 Å². The molecule has 0 unspecified atom stereocenters. The summed E-state index contributed by atoms with van der Waals surface area (Å²) in [6.07, 6.45) is 0. The van der Waals surface area contributed by atoms with Crippen LogP contribution in [0.4, 0.5) is 0 Å². The van der Waals surface area contributed by atoms with Gasteiger partial charge in [-0.2, -0.15) is 5.10 Å². The van der Waals surface area contributed by atoms with Crippen LogP contribution in [0.5, 0.6) is 0 Å². The van der Waals surface area contributed by atoms with Crippen LogP contribution in [0.25, 0.3) is 5.69 Å². The molecule has 1 aromatic heterocycles. The molecule has 4 nitrogen and oxygen atoms in total. The van der Waals surface area contributed by atoms with Crippen molar-refractivity contribution in [3.8, 4) is 5.69 Å². The van der Waals surface area contributed by atoms with Gasteiger partial charge in [-0.1, -0.05) is 17.7 Å². The highest BCUT2D eigenvalue weighted by Gasteiger charge is 2.06. The molecule has 0 saturated heterocycles. The molecule has 2 aromatic rings. The largest absolute Gasteiger partial charge is 0.325 e. The van der Waals surface area contributed by atoms with E-state index < -0.39 is 0 Å². The molecule has 0 saturated carbocycles. The van der Waals surface area contributed by atoms with E-state index in [0.717, 1.165) is 11.4 Å². The van der Waals surface area contributed by atoms with E-state index in [1.807, 2.05) is 19.1 Å². The van der Waals surface area contributed by atoms with Crippen molar-refractivity contribution in [3.05, 3.63) is 57.0 Å². The predicted molar refractivity (Wildman–Crippen MR) is 67.5 cm³/mol. The zero-order valence-electron chi connectivity index (χ0n) is 9.35. The molecule has 0 radical (unpaired) electrons. The lowest BCUT2D eigenvalue weighted by Crippen LogP contribution is -2.21. The average molecular weight is 250 g/mol. The number of benzene rings is 1. The highest BCUT2D eigenvalue weighted by atomic mass is 35.5. The molecule has 1 heterocycles. The van der Waals surface area contributed by atoms with Crippen LogP contribution in [0.1, 0.15) is 11.4 Å². The van der Waals surface area contributed by atoms with Crippen molar-refractivity contribution in [2.45, 2.75) is 13.5 Å². The van der Waals surface area contributed by atoms with Crippen LogP contribution in [0.2, 0.25) is 5.02 Å². The average Bonchev–Trinajstić information content (AvgIpc) is 2.29. The van der Waals surface area contributed by atoms with Gasteiger partial charge in [0, 0.05) is 23.3 Å². The third-order valence-corrected chi connectivity index (χ3v) is 2.66. The summed E-state index contributed by atoms with van der Waals surface area (Å²) in [5.74, 6) is 0. The number of halogens is 1. The summed E-state index contributed by atoms with van der Waals surface area (Å²) in [6.45, 7) is 1.94. The van der Waals surface area contributed by atoms with E-state index in [2.05, 4.69) is 5.10 Å². The molecule has 0 aliphatic rings. The van der Waals surface area contributed by atoms with Crippen LogP contribution in [0, 0.1) is 6.92 Å². The number of nitrogens with zero attached hydrogens (tertiary/aromatic N) is 2. The molecule has 17 heavy (non-hydrogen) atoms. The Morgan fingerprint density at radius 1 is 1.41 bits per heavy atom. The fraction of sp³-hybridized carbons (Fsp3) is 0.167. The molecule has 0 fully saturated rings. The molecule has 2 N–H and O–H groups in total. The summed E-state index contributed by atoms with van der Waals surface area (Å²) in [5.41, 5.74) is 7.24. The maximum absolute atomic E-state index is 11.5. The van der Waals surface area contributed by atoms with E-state index in [9.17, 15) is 4.79 Å². The number of hydrogen-bond donors (Lipinski definition) is 1. The lowest BCUT2D eigenvalue weighted by atomic mass is 10.3. The summed E-state index contributed by atoms with van der Waals surface area (Å²) in [5, 5.41) is 4.84. The van der Waals surface area contributed by atoms with Gasteiger partial charge < -0.3 is 5.73 Å². The van der Waals surface area contributed by atoms with E-state index in [4.69, 9.17) is 17.3 Å². The van der Waals surface area contributed by atoms with Crippen molar-refractivity contribution in [1.82, 2.24) is 9.78 Å². The van der Waals surface area contributed by atoms with Crippen molar-refractivity contribution in [2.24, 2.45) is 5.73 Å². The molecular formula is C12H12ClN3O. The Hall–Kier alpha value is -1.65. The number of aromatic nitrogens is 2. The summed E-state index contributed by atoms with van der Waals surface area (Å²) >= 11 is 5.92. The molecule has 0 amide bonds. The number of nitrogens with two attached hydrogens (primary N) is 1. The molecular weight excluding hydrogens is 238 g/mol. The standard InChI is InChI=1S/C12H12ClN3O/c1-8-5-12(17)11(7-14)15-16(8)10-4-2-3-9(13)6-10/h2-6H,7,14H2,1H3. The lowest BCUT2D eigenvalue weighted by Gasteiger charge is -2.10. The van der Waals surface area contributed by atoms with Crippen molar-refractivity contribution in [2.75, 3.05) is 0 Å². The smallest absolute Gasteiger partial charge is 0.204 e. The van der Waals surface area contributed by atoms with Gasteiger partial charge in [-0.3, -0.25) is 4.79 Å². The Bertz CT molecular complexity index is 607. The molecule has 0 atom stereocenters. The summed E-state index contributed by atoms with van der Waals surface area (Å²) in [6, 6.07) is 8.80. The van der Waals surface area contributed by atoms with Crippen molar-refractivity contribution in [3.63, 3.8) is 0 Å². The van der Waals surface area contributed by atoms with Gasteiger partial charge in [-0.15, -0.1) is 0 Å². The van der Waals surface area contributed by atoms with E-state index >= 15 is 0 Å². The minimum absolute atomic E-state index is 0.125. The second-order valence-electron chi connectivity index (χ2n) is 3.69. The van der Waals surface area contributed by atoms with Crippen LogP contribution in [0.15, 0.2) is 35.1 Å². The van der Waals surface area contributed by atoms with Gasteiger partial charge in [-0.25, -0.2) is 4.68 Å². The van der Waals surface area contributed by atoms with Gasteiger partial charge in [-0.05, 0) is 25.1 Å². The zero-order valence-corrected chi connectivity index (χ0v) is 10.1. The highest BCUT2D eigenvalue weighted by Crippen LogP contribution is 2.14. The fourth-order valence-corrected chi connectivity index (χ4v) is 1.78. The van der Waals surface area contributed by atoms with E-state index in [0.29, 0.717) is 10.7 Å². The number of aryl methyl sites for hydroxylation is 1. The monoisotopic (exact) mass is 249 g/mol. The first-order valence-electron chi connectivity index (χ1n) is 5.17. The Morgan fingerprint density at radius 2 is 2.18 bits per heavy atom. The topological polar surface area (TPSA) is 60.9 Å². The quantitative estimate of drug-likeness (QED) is 0.881. The first-order chi connectivity index (χ1) is 8.11. The van der Waals surface area contributed by atoms with Crippen molar-refractivity contribution < 1.29 is 0 Å².